The van der Waals surface area contributed by atoms with E-state index in [1.807, 2.05) is 19.1 Å². The summed E-state index contributed by atoms with van der Waals surface area (Å²) in [5, 5.41) is 10.9. The van der Waals surface area contributed by atoms with Crippen LogP contribution in [-0.2, 0) is 0 Å². The van der Waals surface area contributed by atoms with Gasteiger partial charge in [-0.1, -0.05) is 17.7 Å². The van der Waals surface area contributed by atoms with E-state index in [9.17, 15) is 9.90 Å². The van der Waals surface area contributed by atoms with Crippen LogP contribution in [0.4, 0.5) is 5.82 Å². The maximum Gasteiger partial charge on any atom is 0.261 e. The van der Waals surface area contributed by atoms with Gasteiger partial charge in [0.2, 0.25) is 0 Å². The van der Waals surface area contributed by atoms with Gasteiger partial charge in [0.1, 0.15) is 11.3 Å². The monoisotopic (exact) mass is 279 g/mol. The van der Waals surface area contributed by atoms with Gasteiger partial charge in [0.25, 0.3) is 5.56 Å². The number of rotatable bonds is 2. The number of benzene rings is 1. The van der Waals surface area contributed by atoms with E-state index in [4.69, 9.17) is 0 Å². The highest BCUT2D eigenvalue weighted by Crippen LogP contribution is 2.25. The molecule has 0 aliphatic carbocycles. The SMILES string of the molecule is Cc1ccc2[nH]c(=O)c(C=Nc3ccccn3)c(O)c2c1. The van der Waals surface area contributed by atoms with Gasteiger partial charge >= 0.3 is 0 Å². The smallest absolute Gasteiger partial charge is 0.261 e. The first-order chi connectivity index (χ1) is 10.1. The van der Waals surface area contributed by atoms with Crippen molar-refractivity contribution in [3.05, 3.63) is 64.1 Å². The first-order valence-electron chi connectivity index (χ1n) is 6.46. The van der Waals surface area contributed by atoms with E-state index in [0.29, 0.717) is 16.7 Å². The van der Waals surface area contributed by atoms with Crippen molar-refractivity contribution in [1.29, 1.82) is 0 Å². The zero-order valence-corrected chi connectivity index (χ0v) is 11.4. The molecule has 2 heterocycles. The lowest BCUT2D eigenvalue weighted by molar-refractivity contribution is 0.479. The molecule has 3 aromatic rings. The van der Waals surface area contributed by atoms with Crippen molar-refractivity contribution in [2.45, 2.75) is 6.92 Å². The number of aromatic nitrogens is 2. The summed E-state index contributed by atoms with van der Waals surface area (Å²) < 4.78 is 0. The van der Waals surface area contributed by atoms with E-state index in [1.54, 1.807) is 30.5 Å². The number of aromatic hydroxyl groups is 1. The third kappa shape index (κ3) is 2.53. The highest BCUT2D eigenvalue weighted by Gasteiger charge is 2.10. The fourth-order valence-corrected chi connectivity index (χ4v) is 2.09. The molecular weight excluding hydrogens is 266 g/mol. The molecule has 0 saturated carbocycles. The highest BCUT2D eigenvalue weighted by molar-refractivity contribution is 5.95. The van der Waals surface area contributed by atoms with Crippen molar-refractivity contribution in [2.75, 3.05) is 0 Å². The topological polar surface area (TPSA) is 78.3 Å². The molecule has 0 spiro atoms. The molecule has 0 aliphatic heterocycles. The Morgan fingerprint density at radius 1 is 1.29 bits per heavy atom. The van der Waals surface area contributed by atoms with Crippen LogP contribution >= 0.6 is 0 Å². The van der Waals surface area contributed by atoms with E-state index in [1.165, 1.54) is 6.21 Å². The van der Waals surface area contributed by atoms with Crippen molar-refractivity contribution >= 4 is 22.9 Å². The summed E-state index contributed by atoms with van der Waals surface area (Å²) >= 11 is 0. The largest absolute Gasteiger partial charge is 0.506 e. The van der Waals surface area contributed by atoms with Gasteiger partial charge in [-0.15, -0.1) is 0 Å². The number of aromatic amines is 1. The molecule has 0 fully saturated rings. The molecule has 0 saturated heterocycles. The Bertz CT molecular complexity index is 883. The van der Waals surface area contributed by atoms with Crippen molar-refractivity contribution in [2.24, 2.45) is 4.99 Å². The van der Waals surface area contributed by atoms with Crippen LogP contribution in [-0.4, -0.2) is 21.3 Å². The van der Waals surface area contributed by atoms with Crippen molar-refractivity contribution in [3.8, 4) is 5.75 Å². The van der Waals surface area contributed by atoms with Crippen LogP contribution in [0.5, 0.6) is 5.75 Å². The Balaban J connectivity index is 2.14. The Morgan fingerprint density at radius 2 is 2.14 bits per heavy atom. The molecule has 0 aliphatic rings. The molecule has 0 atom stereocenters. The molecule has 5 nitrogen and oxygen atoms in total. The van der Waals surface area contributed by atoms with Gasteiger partial charge in [-0.25, -0.2) is 9.98 Å². The standard InChI is InChI=1S/C16H13N3O2/c1-10-5-6-13-11(8-10)15(20)12(16(21)19-13)9-18-14-4-2-3-7-17-14/h2-9H,1H3,(H2,19,20,21). The maximum absolute atomic E-state index is 12.0. The molecule has 0 radical (unpaired) electrons. The normalized spacial score (nSPS) is 11.3. The van der Waals surface area contributed by atoms with Crippen molar-refractivity contribution in [1.82, 2.24) is 9.97 Å². The minimum absolute atomic E-state index is 0.0721. The van der Waals surface area contributed by atoms with Crippen LogP contribution in [0.2, 0.25) is 0 Å². The number of aryl methyl sites for hydroxylation is 1. The minimum Gasteiger partial charge on any atom is -0.506 e. The lowest BCUT2D eigenvalue weighted by Gasteiger charge is -2.05. The van der Waals surface area contributed by atoms with Gasteiger partial charge in [-0.05, 0) is 31.2 Å². The zero-order chi connectivity index (χ0) is 14.8. The summed E-state index contributed by atoms with van der Waals surface area (Å²) in [5.41, 5.74) is 1.33. The Hall–Kier alpha value is -2.95. The van der Waals surface area contributed by atoms with E-state index < -0.39 is 0 Å². The number of aliphatic imine (C=N–C) groups is 1. The molecule has 104 valence electrons. The summed E-state index contributed by atoms with van der Waals surface area (Å²) in [6.07, 6.45) is 2.94. The molecular formula is C16H13N3O2. The summed E-state index contributed by atoms with van der Waals surface area (Å²) in [7, 11) is 0. The molecule has 3 rings (SSSR count). The number of nitrogens with one attached hydrogen (secondary N) is 1. The number of hydrogen-bond donors (Lipinski definition) is 2. The fraction of sp³-hybridized carbons (Fsp3) is 0.0625. The lowest BCUT2D eigenvalue weighted by Crippen LogP contribution is -2.12. The fourth-order valence-electron chi connectivity index (χ4n) is 2.09. The number of H-pyrrole nitrogens is 1. The summed E-state index contributed by atoms with van der Waals surface area (Å²) in [4.78, 5) is 22.9. The Morgan fingerprint density at radius 3 is 2.90 bits per heavy atom. The van der Waals surface area contributed by atoms with E-state index in [0.717, 1.165) is 5.56 Å². The number of hydrogen-bond acceptors (Lipinski definition) is 4. The maximum atomic E-state index is 12.0. The number of pyridine rings is 2. The van der Waals surface area contributed by atoms with Gasteiger partial charge in [0, 0.05) is 17.8 Å². The van der Waals surface area contributed by atoms with E-state index in [-0.39, 0.29) is 16.9 Å². The summed E-state index contributed by atoms with van der Waals surface area (Å²) in [5.74, 6) is 0.401. The van der Waals surface area contributed by atoms with Crippen molar-refractivity contribution < 1.29 is 5.11 Å². The number of nitrogens with zero attached hydrogens (tertiary/aromatic N) is 2. The van der Waals surface area contributed by atoms with Crippen LogP contribution in [0.1, 0.15) is 11.1 Å². The summed E-state index contributed by atoms with van der Waals surface area (Å²) in [6, 6.07) is 10.8. The molecule has 1 aromatic carbocycles. The predicted octanol–water partition coefficient (Wildman–Crippen LogP) is 2.69. The molecule has 2 aromatic heterocycles. The third-order valence-corrected chi connectivity index (χ3v) is 3.15. The predicted molar refractivity (Wildman–Crippen MR) is 82.5 cm³/mol. The van der Waals surface area contributed by atoms with Gasteiger partial charge in [0.15, 0.2) is 5.82 Å². The number of fused-ring (bicyclic) bond motifs is 1. The zero-order valence-electron chi connectivity index (χ0n) is 11.4. The van der Waals surface area contributed by atoms with Gasteiger partial charge in [0.05, 0.1) is 5.52 Å². The molecule has 0 unspecified atom stereocenters. The molecule has 21 heavy (non-hydrogen) atoms. The average Bonchev–Trinajstić information content (AvgIpc) is 2.49. The van der Waals surface area contributed by atoms with Crippen molar-refractivity contribution in [3.63, 3.8) is 0 Å². The van der Waals surface area contributed by atoms with Crippen LogP contribution in [0.15, 0.2) is 52.4 Å². The van der Waals surface area contributed by atoms with Gasteiger partial charge < -0.3 is 10.1 Å². The third-order valence-electron chi connectivity index (χ3n) is 3.15. The first-order valence-corrected chi connectivity index (χ1v) is 6.46. The van der Waals surface area contributed by atoms with Crippen LogP contribution < -0.4 is 5.56 Å². The quantitative estimate of drug-likeness (QED) is 0.708. The van der Waals surface area contributed by atoms with Gasteiger partial charge in [-0.2, -0.15) is 0 Å². The second kappa shape index (κ2) is 5.20. The molecule has 2 N–H and O–H groups in total. The van der Waals surface area contributed by atoms with Crippen LogP contribution in [0.25, 0.3) is 10.9 Å². The van der Waals surface area contributed by atoms with E-state index in [2.05, 4.69) is 15.0 Å². The highest BCUT2D eigenvalue weighted by atomic mass is 16.3. The van der Waals surface area contributed by atoms with Gasteiger partial charge in [-0.3, -0.25) is 4.79 Å². The van der Waals surface area contributed by atoms with E-state index >= 15 is 0 Å². The Labute approximate surface area is 120 Å². The summed E-state index contributed by atoms with van der Waals surface area (Å²) in [6.45, 7) is 1.92. The van der Waals surface area contributed by atoms with Crippen LogP contribution in [0, 0.1) is 6.92 Å². The second-order valence-corrected chi connectivity index (χ2v) is 4.71. The Kier molecular flexibility index (Phi) is 3.23. The molecule has 5 heteroatoms. The first kappa shape index (κ1) is 13.1. The van der Waals surface area contributed by atoms with Crippen LogP contribution in [0.3, 0.4) is 0 Å². The second-order valence-electron chi connectivity index (χ2n) is 4.71. The average molecular weight is 279 g/mol. The molecule has 0 amide bonds. The molecule has 0 bridgehead atoms. The minimum atomic E-state index is -0.386. The lowest BCUT2D eigenvalue weighted by atomic mass is 10.1.